The van der Waals surface area contributed by atoms with Crippen LogP contribution in [0.25, 0.3) is 0 Å². The molecule has 0 fully saturated rings. The molecule has 0 saturated carbocycles. The number of nitrogens with two attached hydrogens (primary N) is 1. The molecular weight excluding hydrogens is 275 g/mol. The van der Waals surface area contributed by atoms with Gasteiger partial charge in [0.05, 0.1) is 6.10 Å². The molecule has 0 aromatic rings. The quantitative estimate of drug-likeness (QED) is 0.553. The molecule has 0 spiro atoms. The van der Waals surface area contributed by atoms with Crippen LogP contribution in [0.1, 0.15) is 40.5 Å². The van der Waals surface area contributed by atoms with Crippen molar-refractivity contribution in [3.8, 4) is 0 Å². The Balaban J connectivity index is 4.23. The van der Waals surface area contributed by atoms with Crippen LogP contribution < -0.4 is 5.73 Å². The summed E-state index contributed by atoms with van der Waals surface area (Å²) in [5.41, 5.74) is 5.41. The van der Waals surface area contributed by atoms with Crippen molar-refractivity contribution in [2.45, 2.75) is 65.0 Å². The second-order valence-electron chi connectivity index (χ2n) is 5.23. The minimum Gasteiger partial charge on any atom is -0.458 e. The lowest BCUT2D eigenvalue weighted by molar-refractivity contribution is -0.163. The lowest BCUT2D eigenvalue weighted by atomic mass is 10.0. The molecule has 4 nitrogen and oxygen atoms in total. The largest absolute Gasteiger partial charge is 0.458 e. The summed E-state index contributed by atoms with van der Waals surface area (Å²) in [6.45, 7) is 6.84. The third-order valence-electron chi connectivity index (χ3n) is 2.73. The molecule has 3 atom stereocenters. The summed E-state index contributed by atoms with van der Waals surface area (Å²) in [5.74, 6) is -0.565. The molecule has 0 saturated heterocycles. The Kier molecular flexibility index (Phi) is 8.12. The SMILES string of the molecule is CC(C)[C@@H](OC(=O)[C@H](C)N)[C@H](C)OCCCC(F)(F)F. The highest BCUT2D eigenvalue weighted by Crippen LogP contribution is 2.22. The normalized spacial score (nSPS) is 16.9. The monoisotopic (exact) mass is 299 g/mol. The van der Waals surface area contributed by atoms with Gasteiger partial charge in [0.2, 0.25) is 0 Å². The van der Waals surface area contributed by atoms with Gasteiger partial charge in [0.15, 0.2) is 0 Å². The number of esters is 1. The van der Waals surface area contributed by atoms with Gasteiger partial charge < -0.3 is 15.2 Å². The number of hydrogen-bond acceptors (Lipinski definition) is 4. The maximum atomic E-state index is 12.0. The van der Waals surface area contributed by atoms with Crippen LogP contribution in [0.2, 0.25) is 0 Å². The molecule has 0 aliphatic heterocycles. The van der Waals surface area contributed by atoms with Crippen LogP contribution in [0.15, 0.2) is 0 Å². The van der Waals surface area contributed by atoms with E-state index in [9.17, 15) is 18.0 Å². The van der Waals surface area contributed by atoms with E-state index in [-0.39, 0.29) is 18.9 Å². The molecule has 120 valence electrons. The average molecular weight is 299 g/mol. The molecule has 0 aliphatic carbocycles. The average Bonchev–Trinajstić information content (AvgIpc) is 2.29. The van der Waals surface area contributed by atoms with Crippen molar-refractivity contribution in [1.82, 2.24) is 0 Å². The molecule has 0 aromatic heterocycles. The fraction of sp³-hybridized carbons (Fsp3) is 0.923. The van der Waals surface area contributed by atoms with Gasteiger partial charge in [0, 0.05) is 13.0 Å². The maximum Gasteiger partial charge on any atom is 0.389 e. The molecule has 0 amide bonds. The van der Waals surface area contributed by atoms with Crippen LogP contribution in [-0.2, 0) is 14.3 Å². The number of halogens is 3. The molecule has 0 radical (unpaired) electrons. The Labute approximate surface area is 117 Å². The van der Waals surface area contributed by atoms with Crippen molar-refractivity contribution in [2.24, 2.45) is 11.7 Å². The highest BCUT2D eigenvalue weighted by molar-refractivity contribution is 5.75. The summed E-state index contributed by atoms with van der Waals surface area (Å²) in [7, 11) is 0. The fourth-order valence-electron chi connectivity index (χ4n) is 1.65. The number of carbonyl (C=O) groups is 1. The van der Waals surface area contributed by atoms with E-state index in [0.717, 1.165) is 0 Å². The zero-order chi connectivity index (χ0) is 15.9. The number of ether oxygens (including phenoxy) is 2. The van der Waals surface area contributed by atoms with Gasteiger partial charge in [-0.1, -0.05) is 13.8 Å². The van der Waals surface area contributed by atoms with Crippen LogP contribution in [0.4, 0.5) is 13.2 Å². The first-order chi connectivity index (χ1) is 9.04. The van der Waals surface area contributed by atoms with E-state index in [1.165, 1.54) is 6.92 Å². The van der Waals surface area contributed by atoms with Gasteiger partial charge in [-0.25, -0.2) is 0 Å². The van der Waals surface area contributed by atoms with Crippen molar-refractivity contribution in [3.05, 3.63) is 0 Å². The summed E-state index contributed by atoms with van der Waals surface area (Å²) < 4.78 is 46.5. The lowest BCUT2D eigenvalue weighted by Gasteiger charge is -2.28. The molecule has 0 aliphatic rings. The molecular formula is C13H24F3NO3. The van der Waals surface area contributed by atoms with E-state index in [1.54, 1.807) is 6.92 Å². The van der Waals surface area contributed by atoms with Crippen LogP contribution in [0, 0.1) is 5.92 Å². The van der Waals surface area contributed by atoms with Gasteiger partial charge >= 0.3 is 12.1 Å². The van der Waals surface area contributed by atoms with Crippen LogP contribution >= 0.6 is 0 Å². The Morgan fingerprint density at radius 1 is 1.20 bits per heavy atom. The van der Waals surface area contributed by atoms with Crippen molar-refractivity contribution < 1.29 is 27.4 Å². The van der Waals surface area contributed by atoms with E-state index in [1.807, 2.05) is 13.8 Å². The van der Waals surface area contributed by atoms with E-state index in [4.69, 9.17) is 15.2 Å². The molecule has 7 heteroatoms. The van der Waals surface area contributed by atoms with E-state index >= 15 is 0 Å². The van der Waals surface area contributed by atoms with Gasteiger partial charge in [-0.2, -0.15) is 13.2 Å². The molecule has 0 bridgehead atoms. The minimum absolute atomic E-state index is 0.0182. The second kappa shape index (κ2) is 8.46. The van der Waals surface area contributed by atoms with Crippen molar-refractivity contribution >= 4 is 5.97 Å². The highest BCUT2D eigenvalue weighted by atomic mass is 19.4. The Morgan fingerprint density at radius 2 is 1.75 bits per heavy atom. The summed E-state index contributed by atoms with van der Waals surface area (Å²) in [5, 5.41) is 0. The smallest absolute Gasteiger partial charge is 0.389 e. The summed E-state index contributed by atoms with van der Waals surface area (Å²) in [4.78, 5) is 11.5. The maximum absolute atomic E-state index is 12.0. The molecule has 0 unspecified atom stereocenters. The third kappa shape index (κ3) is 8.37. The number of carbonyl (C=O) groups excluding carboxylic acids is 1. The zero-order valence-electron chi connectivity index (χ0n) is 12.4. The first-order valence-corrected chi connectivity index (χ1v) is 6.69. The Morgan fingerprint density at radius 3 is 2.15 bits per heavy atom. The van der Waals surface area contributed by atoms with Gasteiger partial charge in [0.1, 0.15) is 12.1 Å². The minimum atomic E-state index is -4.18. The second-order valence-corrected chi connectivity index (χ2v) is 5.23. The van der Waals surface area contributed by atoms with Gasteiger partial charge in [-0.05, 0) is 26.2 Å². The first-order valence-electron chi connectivity index (χ1n) is 6.69. The molecule has 0 heterocycles. The van der Waals surface area contributed by atoms with Crippen molar-refractivity contribution in [3.63, 3.8) is 0 Å². The predicted molar refractivity (Wildman–Crippen MR) is 69.1 cm³/mol. The van der Waals surface area contributed by atoms with Crippen LogP contribution in [0.5, 0.6) is 0 Å². The number of rotatable bonds is 8. The lowest BCUT2D eigenvalue weighted by Crippen LogP contribution is -2.40. The number of hydrogen-bond donors (Lipinski definition) is 1. The third-order valence-corrected chi connectivity index (χ3v) is 2.73. The molecule has 20 heavy (non-hydrogen) atoms. The predicted octanol–water partition coefficient (Wildman–Crippen LogP) is 2.65. The zero-order valence-corrected chi connectivity index (χ0v) is 12.4. The van der Waals surface area contributed by atoms with Gasteiger partial charge in [0.25, 0.3) is 0 Å². The molecule has 0 rings (SSSR count). The van der Waals surface area contributed by atoms with Gasteiger partial charge in [-0.3, -0.25) is 4.79 Å². The summed E-state index contributed by atoms with van der Waals surface area (Å²) in [6.07, 6.45) is -6.18. The topological polar surface area (TPSA) is 61.5 Å². The van der Waals surface area contributed by atoms with Crippen LogP contribution in [0.3, 0.4) is 0 Å². The van der Waals surface area contributed by atoms with E-state index in [2.05, 4.69) is 0 Å². The standard InChI is InChI=1S/C13H24F3NO3/c1-8(2)11(20-12(18)9(3)17)10(4)19-7-5-6-13(14,15)16/h8-11H,5-7,17H2,1-4H3/t9-,10-,11+/m0/s1. The summed E-state index contributed by atoms with van der Waals surface area (Å²) in [6, 6.07) is -0.742. The first kappa shape index (κ1) is 19.2. The van der Waals surface area contributed by atoms with Crippen molar-refractivity contribution in [1.29, 1.82) is 0 Å². The van der Waals surface area contributed by atoms with Crippen LogP contribution in [-0.4, -0.2) is 37.0 Å². The number of alkyl halides is 3. The Hall–Kier alpha value is -0.820. The molecule has 2 N–H and O–H groups in total. The molecule has 0 aromatic carbocycles. The van der Waals surface area contributed by atoms with Gasteiger partial charge in [-0.15, -0.1) is 0 Å². The van der Waals surface area contributed by atoms with E-state index in [0.29, 0.717) is 0 Å². The van der Waals surface area contributed by atoms with Crippen molar-refractivity contribution in [2.75, 3.05) is 6.61 Å². The highest BCUT2D eigenvalue weighted by Gasteiger charge is 2.28. The fourth-order valence-corrected chi connectivity index (χ4v) is 1.65. The Bertz CT molecular complexity index is 293. The summed E-state index contributed by atoms with van der Waals surface area (Å²) >= 11 is 0. The van der Waals surface area contributed by atoms with E-state index < -0.39 is 36.8 Å².